The molecule has 2 N–H and O–H groups in total. The quantitative estimate of drug-likeness (QED) is 0.0411. The molecule has 0 saturated heterocycles. The number of fused-ring (bicyclic) bond motifs is 3. The lowest BCUT2D eigenvalue weighted by molar-refractivity contribution is -0.256. The fourth-order valence-electron chi connectivity index (χ4n) is 11.1. The van der Waals surface area contributed by atoms with Crippen molar-refractivity contribution in [1.82, 2.24) is 4.90 Å². The van der Waals surface area contributed by atoms with Gasteiger partial charge in [0.25, 0.3) is 0 Å². The molecular weight excluding hydrogens is 873 g/mol. The highest BCUT2D eigenvalue weighted by atomic mass is 16.7. The standard InChI is InChI=1S/C57H78N2O10/c1-6-8-9-10-11-12-13-14-15-20-32-64-56(62)59(38-42-24-27-51-52(34-42)66-39-65-51)53-37-49(58-63-5)47-35-43(21-16-18-29-60)46(22-17-19-30-61)54-48-36-45(68-44-25-23-40(3)41(4)33-44)26-28-50(48)69-57(53,55(47)54)67-31-7-2/h7,23-28,33-36,43,46,53-55,60-61H,2,6,8-22,29-32,37-39H2,1,3-5H3. The first-order valence-electron chi connectivity index (χ1n) is 25.9. The first-order chi connectivity index (χ1) is 33.7. The number of amides is 1. The predicted octanol–water partition coefficient (Wildman–Crippen LogP) is 12.6. The SMILES string of the molecule is C=CCOC12Oc3ccc(Oc4ccc(C)c(C)c4)cc3C3C(CCCCO)C(CCCCO)C=C(C(=NOC)CC1N(Cc1ccc4c(c1)OCO4)C(=O)OCCCCCCCCCCCC)C32. The van der Waals surface area contributed by atoms with E-state index in [1.54, 1.807) is 18.1 Å². The summed E-state index contributed by atoms with van der Waals surface area (Å²) in [6, 6.07) is 17.1. The van der Waals surface area contributed by atoms with Crippen LogP contribution in [0.4, 0.5) is 4.79 Å². The number of allylic oxidation sites excluding steroid dienone is 1. The van der Waals surface area contributed by atoms with Gasteiger partial charge in [0.1, 0.15) is 30.4 Å². The Morgan fingerprint density at radius 1 is 0.826 bits per heavy atom. The van der Waals surface area contributed by atoms with Gasteiger partial charge in [0, 0.05) is 37.7 Å². The first-order valence-corrected chi connectivity index (χ1v) is 25.9. The third kappa shape index (κ3) is 12.7. The maximum Gasteiger partial charge on any atom is 0.410 e. The van der Waals surface area contributed by atoms with Gasteiger partial charge in [0.2, 0.25) is 12.6 Å². The molecule has 376 valence electrons. The highest BCUT2D eigenvalue weighted by molar-refractivity contribution is 6.03. The number of ether oxygens (including phenoxy) is 6. The Morgan fingerprint density at radius 2 is 1.52 bits per heavy atom. The smallest absolute Gasteiger partial charge is 0.410 e. The van der Waals surface area contributed by atoms with E-state index in [9.17, 15) is 10.2 Å². The maximum atomic E-state index is 15.1. The number of hydrogen-bond acceptors (Lipinski definition) is 11. The second kappa shape index (κ2) is 25.7. The summed E-state index contributed by atoms with van der Waals surface area (Å²) < 4.78 is 39.1. The number of aryl methyl sites for hydroxylation is 2. The fraction of sp³-hybridized carbons (Fsp3) is 0.579. The van der Waals surface area contributed by atoms with Crippen LogP contribution in [0.5, 0.6) is 28.7 Å². The zero-order chi connectivity index (χ0) is 48.6. The number of hydrogen-bond donors (Lipinski definition) is 2. The summed E-state index contributed by atoms with van der Waals surface area (Å²) in [5.41, 5.74) is 5.81. The molecule has 2 aliphatic carbocycles. The zero-order valence-electron chi connectivity index (χ0n) is 41.8. The Balaban J connectivity index is 1.31. The highest BCUT2D eigenvalue weighted by Gasteiger charge is 2.65. The molecule has 0 bridgehead atoms. The monoisotopic (exact) mass is 951 g/mol. The molecule has 2 aliphatic heterocycles. The van der Waals surface area contributed by atoms with Crippen molar-refractivity contribution >= 4 is 11.8 Å². The zero-order valence-corrected chi connectivity index (χ0v) is 41.8. The van der Waals surface area contributed by atoms with E-state index in [0.29, 0.717) is 41.6 Å². The Labute approximate surface area is 411 Å². The fourth-order valence-corrected chi connectivity index (χ4v) is 11.1. The van der Waals surface area contributed by atoms with Crippen LogP contribution in [0.15, 0.2) is 84.1 Å². The number of carbonyl (C=O) groups is 1. The second-order valence-electron chi connectivity index (χ2n) is 19.4. The number of aliphatic hydroxyl groups excluding tert-OH is 2. The van der Waals surface area contributed by atoms with Crippen molar-refractivity contribution < 1.29 is 48.3 Å². The number of nitrogens with zero attached hydrogens (tertiary/aromatic N) is 2. The average molecular weight is 951 g/mol. The van der Waals surface area contributed by atoms with E-state index in [1.165, 1.54) is 50.5 Å². The van der Waals surface area contributed by atoms with Gasteiger partial charge in [-0.15, -0.1) is 6.58 Å². The van der Waals surface area contributed by atoms with Crippen LogP contribution in [-0.2, 0) is 20.9 Å². The Hall–Kier alpha value is -5.04. The molecule has 1 amide bonds. The molecule has 6 atom stereocenters. The van der Waals surface area contributed by atoms with E-state index in [-0.39, 0.29) is 63.9 Å². The van der Waals surface area contributed by atoms with Crippen LogP contribution in [0, 0.1) is 31.6 Å². The van der Waals surface area contributed by atoms with Gasteiger partial charge < -0.3 is 43.5 Å². The number of rotatable bonds is 28. The molecule has 0 aromatic heterocycles. The topological polar surface area (TPSA) is 138 Å². The van der Waals surface area contributed by atoms with E-state index in [1.807, 2.05) is 36.4 Å². The van der Waals surface area contributed by atoms with Gasteiger partial charge in [-0.2, -0.15) is 0 Å². The molecular formula is C57H78N2O10. The maximum absolute atomic E-state index is 15.1. The van der Waals surface area contributed by atoms with Crippen molar-refractivity contribution in [3.8, 4) is 28.7 Å². The van der Waals surface area contributed by atoms with Crippen molar-refractivity contribution in [2.45, 2.75) is 154 Å². The van der Waals surface area contributed by atoms with Gasteiger partial charge in [-0.25, -0.2) is 4.79 Å². The molecule has 1 fully saturated rings. The number of oxime groups is 1. The minimum atomic E-state index is -1.45. The van der Waals surface area contributed by atoms with Crippen molar-refractivity contribution in [2.75, 3.05) is 40.3 Å². The van der Waals surface area contributed by atoms with Gasteiger partial charge in [0.05, 0.1) is 24.8 Å². The molecule has 3 aromatic rings. The Kier molecular flexibility index (Phi) is 19.3. The van der Waals surface area contributed by atoms with E-state index in [2.05, 4.69) is 51.6 Å². The van der Waals surface area contributed by atoms with E-state index in [4.69, 9.17) is 38.4 Å². The van der Waals surface area contributed by atoms with Gasteiger partial charge in [-0.1, -0.05) is 107 Å². The highest BCUT2D eigenvalue weighted by Crippen LogP contribution is 2.62. The molecule has 1 saturated carbocycles. The lowest BCUT2D eigenvalue weighted by Crippen LogP contribution is -2.70. The summed E-state index contributed by atoms with van der Waals surface area (Å²) in [7, 11) is 1.56. The summed E-state index contributed by atoms with van der Waals surface area (Å²) in [5, 5.41) is 24.8. The minimum Gasteiger partial charge on any atom is -0.459 e. The largest absolute Gasteiger partial charge is 0.459 e. The van der Waals surface area contributed by atoms with E-state index < -0.39 is 23.8 Å². The predicted molar refractivity (Wildman–Crippen MR) is 269 cm³/mol. The number of benzene rings is 3. The average Bonchev–Trinajstić information content (AvgIpc) is 3.83. The third-order valence-electron chi connectivity index (χ3n) is 14.7. The molecule has 0 spiro atoms. The summed E-state index contributed by atoms with van der Waals surface area (Å²) in [6.07, 6.45) is 20.2. The third-order valence-corrected chi connectivity index (χ3v) is 14.7. The van der Waals surface area contributed by atoms with E-state index >= 15 is 4.79 Å². The van der Waals surface area contributed by atoms with Crippen LogP contribution in [0.2, 0.25) is 0 Å². The van der Waals surface area contributed by atoms with Gasteiger partial charge in [0.15, 0.2) is 11.5 Å². The van der Waals surface area contributed by atoms with Crippen molar-refractivity contribution in [2.24, 2.45) is 22.9 Å². The van der Waals surface area contributed by atoms with Gasteiger partial charge in [-0.3, -0.25) is 4.90 Å². The summed E-state index contributed by atoms with van der Waals surface area (Å²) in [5.74, 6) is 1.36. The first kappa shape index (κ1) is 51.8. The molecule has 69 heavy (non-hydrogen) atoms. The van der Waals surface area contributed by atoms with Crippen LogP contribution in [-0.4, -0.2) is 79.1 Å². The molecule has 12 heteroatoms. The molecule has 0 radical (unpaired) electrons. The van der Waals surface area contributed by atoms with Crippen molar-refractivity contribution in [3.05, 3.63) is 101 Å². The molecule has 6 unspecified atom stereocenters. The number of unbranched alkanes of at least 4 members (excludes halogenated alkanes) is 11. The van der Waals surface area contributed by atoms with Crippen LogP contribution >= 0.6 is 0 Å². The molecule has 12 nitrogen and oxygen atoms in total. The van der Waals surface area contributed by atoms with Crippen molar-refractivity contribution in [1.29, 1.82) is 0 Å². The Morgan fingerprint density at radius 3 is 2.25 bits per heavy atom. The summed E-state index contributed by atoms with van der Waals surface area (Å²) in [6.45, 7) is 11.4. The van der Waals surface area contributed by atoms with Gasteiger partial charge in [-0.05, 0) is 123 Å². The molecule has 4 aliphatic rings. The normalized spacial score (nSPS) is 22.6. The summed E-state index contributed by atoms with van der Waals surface area (Å²) >= 11 is 0. The number of aliphatic hydroxyl groups is 2. The lowest BCUT2D eigenvalue weighted by Gasteiger charge is -2.59. The van der Waals surface area contributed by atoms with Crippen LogP contribution < -0.4 is 18.9 Å². The second-order valence-corrected chi connectivity index (χ2v) is 19.4. The Bertz CT molecular complexity index is 2210. The lowest BCUT2D eigenvalue weighted by atomic mass is 9.55. The van der Waals surface area contributed by atoms with Crippen LogP contribution in [0.3, 0.4) is 0 Å². The van der Waals surface area contributed by atoms with E-state index in [0.717, 1.165) is 73.0 Å². The van der Waals surface area contributed by atoms with Crippen molar-refractivity contribution in [3.63, 3.8) is 0 Å². The van der Waals surface area contributed by atoms with Gasteiger partial charge >= 0.3 is 6.09 Å². The molecule has 3 aromatic carbocycles. The van der Waals surface area contributed by atoms with Crippen LogP contribution in [0.25, 0.3) is 0 Å². The minimum absolute atomic E-state index is 0.0587. The number of carbonyl (C=O) groups excluding carboxylic acids is 1. The van der Waals surface area contributed by atoms with Crippen LogP contribution in [0.1, 0.15) is 144 Å². The molecule has 2 heterocycles. The molecule has 7 rings (SSSR count). The summed E-state index contributed by atoms with van der Waals surface area (Å²) in [4.78, 5) is 22.5.